The summed E-state index contributed by atoms with van der Waals surface area (Å²) in [6.45, 7) is 0. The molecule has 3 N–H and O–H groups in total. The molecular formula is C13H8N2O4. The Morgan fingerprint density at radius 1 is 1.11 bits per heavy atom. The van der Waals surface area contributed by atoms with Gasteiger partial charge in [0.05, 0.1) is 28.5 Å². The highest BCUT2D eigenvalue weighted by Gasteiger charge is 2.19. The molecule has 0 bridgehead atoms. The number of hydrogen-bond acceptors (Lipinski definition) is 3. The van der Waals surface area contributed by atoms with E-state index in [1.54, 1.807) is 12.1 Å². The fraction of sp³-hybridized carbons (Fsp3) is 0. The van der Waals surface area contributed by atoms with Gasteiger partial charge in [-0.3, -0.25) is 0 Å². The van der Waals surface area contributed by atoms with Crippen LogP contribution in [0.15, 0.2) is 30.6 Å². The first kappa shape index (κ1) is 11.2. The second-order valence-electron chi connectivity index (χ2n) is 4.06. The first-order valence-corrected chi connectivity index (χ1v) is 5.45. The fourth-order valence-electron chi connectivity index (χ4n) is 2.23. The number of nitrogens with one attached hydrogen (secondary N) is 1. The maximum atomic E-state index is 11.3. The largest absolute Gasteiger partial charge is 0.478 e. The molecule has 0 aliphatic heterocycles. The Labute approximate surface area is 106 Å². The van der Waals surface area contributed by atoms with Gasteiger partial charge in [-0.1, -0.05) is 12.1 Å². The van der Waals surface area contributed by atoms with E-state index < -0.39 is 11.9 Å². The second-order valence-corrected chi connectivity index (χ2v) is 4.06. The van der Waals surface area contributed by atoms with Gasteiger partial charge >= 0.3 is 11.9 Å². The lowest BCUT2D eigenvalue weighted by Gasteiger charge is -2.07. The van der Waals surface area contributed by atoms with Crippen LogP contribution in [0.25, 0.3) is 21.8 Å². The number of nitrogens with zero attached hydrogens (tertiary/aromatic N) is 1. The van der Waals surface area contributed by atoms with Gasteiger partial charge in [0.25, 0.3) is 0 Å². The summed E-state index contributed by atoms with van der Waals surface area (Å²) >= 11 is 0. The van der Waals surface area contributed by atoms with E-state index in [0.29, 0.717) is 16.4 Å². The van der Waals surface area contributed by atoms with Crippen LogP contribution in [-0.4, -0.2) is 32.1 Å². The molecule has 0 saturated heterocycles. The van der Waals surface area contributed by atoms with Crippen molar-refractivity contribution in [3.63, 3.8) is 0 Å². The molecule has 3 rings (SSSR count). The van der Waals surface area contributed by atoms with Gasteiger partial charge in [0.2, 0.25) is 0 Å². The highest BCUT2D eigenvalue weighted by Crippen LogP contribution is 2.29. The molecule has 6 heteroatoms. The summed E-state index contributed by atoms with van der Waals surface area (Å²) in [6.07, 6.45) is 1.45. The minimum Gasteiger partial charge on any atom is -0.478 e. The van der Waals surface area contributed by atoms with E-state index in [4.69, 9.17) is 0 Å². The summed E-state index contributed by atoms with van der Waals surface area (Å²) in [6, 6.07) is 6.03. The Morgan fingerprint density at radius 3 is 2.53 bits per heavy atom. The fourth-order valence-corrected chi connectivity index (χ4v) is 2.23. The summed E-state index contributed by atoms with van der Waals surface area (Å²) in [7, 11) is 0. The van der Waals surface area contributed by atoms with Crippen molar-refractivity contribution in [3.05, 3.63) is 41.7 Å². The van der Waals surface area contributed by atoms with Gasteiger partial charge in [-0.05, 0) is 12.1 Å². The van der Waals surface area contributed by atoms with Gasteiger partial charge in [0.1, 0.15) is 0 Å². The molecule has 19 heavy (non-hydrogen) atoms. The van der Waals surface area contributed by atoms with Gasteiger partial charge < -0.3 is 15.2 Å². The van der Waals surface area contributed by atoms with Crippen LogP contribution >= 0.6 is 0 Å². The number of carboxylic acid groups (broad SMARTS) is 2. The molecule has 0 spiro atoms. The first-order valence-electron chi connectivity index (χ1n) is 5.45. The molecular weight excluding hydrogens is 248 g/mol. The van der Waals surface area contributed by atoms with Crippen molar-refractivity contribution in [1.29, 1.82) is 0 Å². The van der Waals surface area contributed by atoms with Gasteiger partial charge in [-0.25, -0.2) is 14.6 Å². The standard InChI is InChI=1S/C13H8N2O4/c16-12(17)7-3-1-2-6-10(7)8(13(18)19)4-9-11(6)15-5-14-9/h1-5H,(H,14,15)(H,16,17)(H,18,19). The summed E-state index contributed by atoms with van der Waals surface area (Å²) in [5, 5.41) is 19.2. The maximum absolute atomic E-state index is 11.3. The van der Waals surface area contributed by atoms with Gasteiger partial charge in [-0.2, -0.15) is 0 Å². The smallest absolute Gasteiger partial charge is 0.336 e. The van der Waals surface area contributed by atoms with Crippen molar-refractivity contribution in [2.24, 2.45) is 0 Å². The Bertz CT molecular complexity index is 835. The average molecular weight is 256 g/mol. The third-order valence-electron chi connectivity index (χ3n) is 3.01. The molecule has 3 aromatic rings. The lowest BCUT2D eigenvalue weighted by molar-refractivity contribution is 0.0695. The molecule has 0 atom stereocenters. The lowest BCUT2D eigenvalue weighted by atomic mass is 9.98. The molecule has 0 saturated carbocycles. The molecule has 0 unspecified atom stereocenters. The van der Waals surface area contributed by atoms with Gasteiger partial charge in [0, 0.05) is 10.8 Å². The van der Waals surface area contributed by atoms with E-state index in [1.165, 1.54) is 18.5 Å². The molecule has 94 valence electrons. The number of benzene rings is 2. The van der Waals surface area contributed by atoms with Crippen molar-refractivity contribution < 1.29 is 19.8 Å². The Balaban J connectivity index is 2.61. The Hall–Kier alpha value is -2.89. The lowest BCUT2D eigenvalue weighted by Crippen LogP contribution is -2.04. The quantitative estimate of drug-likeness (QED) is 0.651. The normalized spacial score (nSPS) is 10.9. The van der Waals surface area contributed by atoms with E-state index in [0.717, 1.165) is 0 Å². The van der Waals surface area contributed by atoms with E-state index in [1.807, 2.05) is 0 Å². The molecule has 0 amide bonds. The summed E-state index contributed by atoms with van der Waals surface area (Å²) in [5.41, 5.74) is 1.03. The van der Waals surface area contributed by atoms with Crippen LogP contribution in [0.3, 0.4) is 0 Å². The van der Waals surface area contributed by atoms with Crippen molar-refractivity contribution in [2.75, 3.05) is 0 Å². The number of imidazole rings is 1. The van der Waals surface area contributed by atoms with E-state index in [-0.39, 0.29) is 16.5 Å². The highest BCUT2D eigenvalue weighted by molar-refractivity contribution is 6.19. The zero-order chi connectivity index (χ0) is 13.6. The van der Waals surface area contributed by atoms with Gasteiger partial charge in [0.15, 0.2) is 0 Å². The molecule has 0 radical (unpaired) electrons. The number of fused-ring (bicyclic) bond motifs is 3. The molecule has 2 aromatic carbocycles. The maximum Gasteiger partial charge on any atom is 0.336 e. The topological polar surface area (TPSA) is 103 Å². The minimum atomic E-state index is -1.17. The molecule has 0 aliphatic rings. The SMILES string of the molecule is O=C(O)c1cccc2c1c(C(=O)O)cc1[nH]cnc12. The molecule has 0 fully saturated rings. The third kappa shape index (κ3) is 1.54. The molecule has 6 nitrogen and oxygen atoms in total. The highest BCUT2D eigenvalue weighted by atomic mass is 16.4. The summed E-state index contributed by atoms with van der Waals surface area (Å²) in [5.74, 6) is -2.34. The molecule has 1 aromatic heterocycles. The van der Waals surface area contributed by atoms with Crippen LogP contribution in [0.2, 0.25) is 0 Å². The summed E-state index contributed by atoms with van der Waals surface area (Å²) < 4.78 is 0. The van der Waals surface area contributed by atoms with Crippen LogP contribution < -0.4 is 0 Å². The number of aromatic nitrogens is 2. The number of carbonyl (C=O) groups is 2. The third-order valence-corrected chi connectivity index (χ3v) is 3.01. The number of carboxylic acids is 2. The number of aromatic carboxylic acids is 2. The van der Waals surface area contributed by atoms with Crippen LogP contribution in [0, 0.1) is 0 Å². The van der Waals surface area contributed by atoms with E-state index in [9.17, 15) is 19.8 Å². The number of rotatable bonds is 2. The first-order chi connectivity index (χ1) is 9.09. The number of H-pyrrole nitrogens is 1. The van der Waals surface area contributed by atoms with Crippen LogP contribution in [0.5, 0.6) is 0 Å². The monoisotopic (exact) mass is 256 g/mol. The van der Waals surface area contributed by atoms with Gasteiger partial charge in [-0.15, -0.1) is 0 Å². The zero-order valence-electron chi connectivity index (χ0n) is 9.54. The van der Waals surface area contributed by atoms with Crippen LogP contribution in [0.4, 0.5) is 0 Å². The molecule has 1 heterocycles. The predicted molar refractivity (Wildman–Crippen MR) is 67.5 cm³/mol. The average Bonchev–Trinajstić information content (AvgIpc) is 2.84. The predicted octanol–water partition coefficient (Wildman–Crippen LogP) is 2.11. The number of hydrogen-bond donors (Lipinski definition) is 3. The van der Waals surface area contributed by atoms with E-state index in [2.05, 4.69) is 9.97 Å². The zero-order valence-corrected chi connectivity index (χ0v) is 9.54. The summed E-state index contributed by atoms with van der Waals surface area (Å²) in [4.78, 5) is 29.5. The second kappa shape index (κ2) is 3.81. The van der Waals surface area contributed by atoms with Crippen LogP contribution in [0.1, 0.15) is 20.7 Å². The van der Waals surface area contributed by atoms with Crippen molar-refractivity contribution in [2.45, 2.75) is 0 Å². The van der Waals surface area contributed by atoms with Crippen molar-refractivity contribution in [3.8, 4) is 0 Å². The molecule has 0 aliphatic carbocycles. The van der Waals surface area contributed by atoms with Crippen molar-refractivity contribution in [1.82, 2.24) is 9.97 Å². The van der Waals surface area contributed by atoms with Crippen molar-refractivity contribution >= 4 is 33.7 Å². The Kier molecular flexibility index (Phi) is 2.25. The minimum absolute atomic E-state index is 0.0419. The number of aromatic amines is 1. The van der Waals surface area contributed by atoms with E-state index >= 15 is 0 Å². The van der Waals surface area contributed by atoms with Crippen LogP contribution in [-0.2, 0) is 0 Å². The Morgan fingerprint density at radius 2 is 1.84 bits per heavy atom.